The molecule has 0 heterocycles. The van der Waals surface area contributed by atoms with E-state index in [1.54, 1.807) is 0 Å². The van der Waals surface area contributed by atoms with Crippen molar-refractivity contribution in [1.29, 1.82) is 0 Å². The molecule has 8 heteroatoms. The van der Waals surface area contributed by atoms with Crippen molar-refractivity contribution in [2.24, 2.45) is 0 Å². The largest absolute Gasteiger partial charge is 2.00 e. The summed E-state index contributed by atoms with van der Waals surface area (Å²) in [5, 5.41) is 53.0. The third-order valence-electron chi connectivity index (χ3n) is 1.77. The van der Waals surface area contributed by atoms with Crippen LogP contribution in [0.3, 0.4) is 0 Å². The minimum absolute atomic E-state index is 0. The van der Waals surface area contributed by atoms with Crippen LogP contribution in [-0.4, -0.2) is 116 Å². The summed E-state index contributed by atoms with van der Waals surface area (Å²) in [6.07, 6.45) is -9.27. The van der Waals surface area contributed by atoms with Gasteiger partial charge in [0.25, 0.3) is 0 Å². The van der Waals surface area contributed by atoms with Crippen LogP contribution >= 0.6 is 0 Å². The monoisotopic (exact) mass is 348 g/mol. The van der Waals surface area contributed by atoms with E-state index in [1.807, 2.05) is 0 Å². The van der Waals surface area contributed by atoms with Crippen molar-refractivity contribution in [3.05, 3.63) is 0 Å². The van der Waals surface area contributed by atoms with Crippen LogP contribution in [0.25, 0.3) is 0 Å². The second-order valence-electron chi connectivity index (χ2n) is 3.00. The second kappa shape index (κ2) is 8.01. The van der Waals surface area contributed by atoms with E-state index in [9.17, 15) is 4.79 Å². The molecule has 0 aromatic rings. The van der Waals surface area contributed by atoms with Crippen LogP contribution in [0.5, 0.6) is 0 Å². The summed E-state index contributed by atoms with van der Waals surface area (Å²) in [4.78, 5) is 10.2. The zero-order valence-corrected chi connectivity index (χ0v) is 12.6. The van der Waals surface area contributed by atoms with Crippen LogP contribution in [-0.2, 0) is 4.79 Å². The first-order valence-electron chi connectivity index (χ1n) is 3.92. The Morgan fingerprint density at radius 3 is 1.60 bits per heavy atom. The minimum Gasteiger partial charge on any atom is -0.479 e. The van der Waals surface area contributed by atoms with Crippen LogP contribution in [0.2, 0.25) is 0 Å². The maximum atomic E-state index is 10.2. The molecule has 7 nitrogen and oxygen atoms in total. The van der Waals surface area contributed by atoms with Crippen LogP contribution in [0.1, 0.15) is 6.92 Å². The van der Waals surface area contributed by atoms with E-state index in [0.29, 0.717) is 0 Å². The van der Waals surface area contributed by atoms with Gasteiger partial charge in [0.15, 0.2) is 6.10 Å². The van der Waals surface area contributed by atoms with Gasteiger partial charge in [-0.15, -0.1) is 0 Å². The molecule has 6 N–H and O–H groups in total. The van der Waals surface area contributed by atoms with Gasteiger partial charge in [0.1, 0.15) is 18.3 Å². The van der Waals surface area contributed by atoms with E-state index in [0.717, 1.165) is 6.92 Å². The number of aliphatic hydroxyl groups is 5. The van der Waals surface area contributed by atoms with Crippen molar-refractivity contribution in [2.45, 2.75) is 37.4 Å². The maximum absolute atomic E-state index is 10.2. The number of hydrogen-bond acceptors (Lipinski definition) is 6. The molecule has 0 rings (SSSR count). The molecule has 15 heavy (non-hydrogen) atoms. The minimum atomic E-state index is -2.21. The molecule has 5 atom stereocenters. The van der Waals surface area contributed by atoms with Gasteiger partial charge in [-0.3, -0.25) is 0 Å². The van der Waals surface area contributed by atoms with Crippen molar-refractivity contribution in [3.63, 3.8) is 0 Å². The summed E-state index contributed by atoms with van der Waals surface area (Å²) in [5.74, 6) is -1.73. The molecule has 0 saturated heterocycles. The molecular formula is C7H14BaO7+2. The van der Waals surface area contributed by atoms with Gasteiger partial charge >= 0.3 is 54.9 Å². The molecule has 0 radical (unpaired) electrons. The molecule has 5 unspecified atom stereocenters. The van der Waals surface area contributed by atoms with E-state index in [4.69, 9.17) is 30.6 Å². The molecule has 0 bridgehead atoms. The number of aliphatic carboxylic acids is 1. The number of carboxylic acid groups (broad SMARTS) is 1. The molecule has 0 saturated carbocycles. The zero-order valence-electron chi connectivity index (χ0n) is 8.19. The van der Waals surface area contributed by atoms with E-state index in [1.165, 1.54) is 0 Å². The molecule has 0 amide bonds. The molecule has 0 aliphatic carbocycles. The van der Waals surface area contributed by atoms with Gasteiger partial charge in [0, 0.05) is 0 Å². The first kappa shape index (κ1) is 18.2. The summed E-state index contributed by atoms with van der Waals surface area (Å²) >= 11 is 0. The summed E-state index contributed by atoms with van der Waals surface area (Å²) in [7, 11) is 0. The van der Waals surface area contributed by atoms with E-state index in [2.05, 4.69) is 0 Å². The Hall–Kier alpha value is 0.841. The molecule has 84 valence electrons. The third-order valence-corrected chi connectivity index (χ3v) is 1.77. The predicted octanol–water partition coefficient (Wildman–Crippen LogP) is -3.49. The Balaban J connectivity index is 0. The van der Waals surface area contributed by atoms with E-state index in [-0.39, 0.29) is 48.9 Å². The predicted molar refractivity (Wildman–Crippen MR) is 49.1 cm³/mol. The number of carbonyl (C=O) groups is 1. The normalized spacial score (nSPS) is 20.7. The Morgan fingerprint density at radius 2 is 1.33 bits per heavy atom. The van der Waals surface area contributed by atoms with Crippen LogP contribution in [0.4, 0.5) is 0 Å². The van der Waals surface area contributed by atoms with Crippen molar-refractivity contribution < 1.29 is 35.4 Å². The van der Waals surface area contributed by atoms with Crippen LogP contribution in [0.15, 0.2) is 0 Å². The van der Waals surface area contributed by atoms with Gasteiger partial charge in [0.05, 0.1) is 6.10 Å². The maximum Gasteiger partial charge on any atom is 2.00 e. The summed E-state index contributed by atoms with van der Waals surface area (Å²) in [6.45, 7) is 1.15. The molecule has 0 spiro atoms. The molecule has 0 aliphatic heterocycles. The van der Waals surface area contributed by atoms with Crippen molar-refractivity contribution in [3.8, 4) is 0 Å². The van der Waals surface area contributed by atoms with Crippen molar-refractivity contribution >= 4 is 54.9 Å². The fraction of sp³-hybridized carbons (Fsp3) is 0.857. The van der Waals surface area contributed by atoms with Gasteiger partial charge in [-0.25, -0.2) is 4.79 Å². The average Bonchev–Trinajstić information content (AvgIpc) is 2.12. The topological polar surface area (TPSA) is 138 Å². The summed E-state index contributed by atoms with van der Waals surface area (Å²) < 4.78 is 0. The van der Waals surface area contributed by atoms with Crippen LogP contribution < -0.4 is 0 Å². The smallest absolute Gasteiger partial charge is 0.479 e. The third kappa shape index (κ3) is 5.63. The van der Waals surface area contributed by atoms with Crippen molar-refractivity contribution in [2.75, 3.05) is 0 Å². The fourth-order valence-electron chi connectivity index (χ4n) is 0.820. The molecule has 0 aromatic carbocycles. The van der Waals surface area contributed by atoms with Gasteiger partial charge in [-0.1, -0.05) is 0 Å². The number of hydrogen-bond donors (Lipinski definition) is 6. The van der Waals surface area contributed by atoms with Gasteiger partial charge in [0.2, 0.25) is 0 Å². The van der Waals surface area contributed by atoms with Gasteiger partial charge < -0.3 is 30.6 Å². The quantitative estimate of drug-likeness (QED) is 0.284. The Kier molecular flexibility index (Phi) is 9.73. The molecular weight excluding hydrogens is 333 g/mol. The first-order valence-corrected chi connectivity index (χ1v) is 3.92. The van der Waals surface area contributed by atoms with Crippen molar-refractivity contribution in [1.82, 2.24) is 0 Å². The number of rotatable bonds is 5. The Labute approximate surface area is 126 Å². The molecule has 0 aromatic heterocycles. The number of carboxylic acids is 1. The van der Waals surface area contributed by atoms with E-state index < -0.39 is 36.5 Å². The fourth-order valence-corrected chi connectivity index (χ4v) is 0.820. The SMILES string of the molecule is CC(O)C(O)C(O)C(O)C(O)C(=O)O.[Ba+2]. The number of aliphatic hydroxyl groups excluding tert-OH is 5. The van der Waals surface area contributed by atoms with E-state index >= 15 is 0 Å². The van der Waals surface area contributed by atoms with Gasteiger partial charge in [-0.05, 0) is 6.92 Å². The summed E-state index contributed by atoms with van der Waals surface area (Å²) in [6, 6.07) is 0. The summed E-state index contributed by atoms with van der Waals surface area (Å²) in [5.41, 5.74) is 0. The van der Waals surface area contributed by atoms with Gasteiger partial charge in [-0.2, -0.15) is 0 Å². The van der Waals surface area contributed by atoms with Crippen LogP contribution in [0, 0.1) is 0 Å². The average molecular weight is 348 g/mol. The second-order valence-corrected chi connectivity index (χ2v) is 3.00. The zero-order chi connectivity index (χ0) is 11.5. The standard InChI is InChI=1S/C7H14O7.Ba/c1-2(8)3(9)4(10)5(11)6(12)7(13)14;/h2-6,8-12H,1H3,(H,13,14);/q;+2. The Morgan fingerprint density at radius 1 is 0.933 bits per heavy atom. The Bertz CT molecular complexity index is 198. The molecule has 0 aliphatic rings. The first-order chi connectivity index (χ1) is 6.29. The molecule has 0 fully saturated rings.